The fraction of sp³-hybridized carbons (Fsp3) is 0.231. The first-order valence-corrected chi connectivity index (χ1v) is 7.44. The highest BCUT2D eigenvalue weighted by molar-refractivity contribution is 9.10. The summed E-state index contributed by atoms with van der Waals surface area (Å²) in [6, 6.07) is 2.97. The number of carbonyl (C=O) groups is 1. The third-order valence-corrected chi connectivity index (χ3v) is 4.23. The Kier molecular flexibility index (Phi) is 4.67. The molecule has 112 valence electrons. The fourth-order valence-corrected chi connectivity index (χ4v) is 2.79. The van der Waals surface area contributed by atoms with E-state index in [1.54, 1.807) is 6.20 Å². The van der Waals surface area contributed by atoms with E-state index < -0.39 is 17.6 Å². The number of alkyl halides is 3. The van der Waals surface area contributed by atoms with Crippen LogP contribution >= 0.6 is 27.3 Å². The standard InChI is InChI=1S/C13H10BrF3N2OS/c1-7-18-5-9(21-7)6-19-12(20)10-4-8(13(15,16)17)2-3-11(10)14/h2-5H,6H2,1H3,(H,19,20). The number of nitrogens with one attached hydrogen (secondary N) is 1. The van der Waals surface area contributed by atoms with Crippen molar-refractivity contribution >= 4 is 33.2 Å². The molecule has 1 amide bonds. The molecule has 0 aliphatic rings. The van der Waals surface area contributed by atoms with E-state index in [0.717, 1.165) is 22.0 Å². The van der Waals surface area contributed by atoms with E-state index in [-0.39, 0.29) is 12.1 Å². The summed E-state index contributed by atoms with van der Waals surface area (Å²) in [5.74, 6) is -0.570. The summed E-state index contributed by atoms with van der Waals surface area (Å²) in [4.78, 5) is 16.9. The van der Waals surface area contributed by atoms with Crippen LogP contribution in [0.2, 0.25) is 0 Å². The summed E-state index contributed by atoms with van der Waals surface area (Å²) in [6.07, 6.45) is -2.86. The van der Waals surface area contributed by atoms with Crippen LogP contribution in [0.4, 0.5) is 13.2 Å². The molecule has 0 radical (unpaired) electrons. The highest BCUT2D eigenvalue weighted by Gasteiger charge is 2.31. The topological polar surface area (TPSA) is 42.0 Å². The lowest BCUT2D eigenvalue weighted by Crippen LogP contribution is -2.23. The second-order valence-electron chi connectivity index (χ2n) is 4.22. The van der Waals surface area contributed by atoms with Crippen LogP contribution in [0, 0.1) is 6.92 Å². The lowest BCUT2D eigenvalue weighted by Gasteiger charge is -2.10. The molecule has 0 spiro atoms. The third-order valence-electron chi connectivity index (χ3n) is 2.63. The summed E-state index contributed by atoms with van der Waals surface area (Å²) in [5, 5.41) is 3.44. The molecular weight excluding hydrogens is 369 g/mol. The average molecular weight is 379 g/mol. The molecule has 0 unspecified atom stereocenters. The first-order chi connectivity index (χ1) is 9.77. The minimum Gasteiger partial charge on any atom is -0.347 e. The quantitative estimate of drug-likeness (QED) is 0.870. The predicted octanol–water partition coefficient (Wildman–Crippen LogP) is 4.16. The maximum atomic E-state index is 12.7. The number of nitrogens with zero attached hydrogens (tertiary/aromatic N) is 1. The molecule has 0 aliphatic carbocycles. The largest absolute Gasteiger partial charge is 0.416 e. The monoisotopic (exact) mass is 378 g/mol. The molecule has 21 heavy (non-hydrogen) atoms. The van der Waals surface area contributed by atoms with Gasteiger partial charge in [0.15, 0.2) is 0 Å². The fourth-order valence-electron chi connectivity index (χ4n) is 1.63. The molecule has 1 aromatic heterocycles. The van der Waals surface area contributed by atoms with Crippen molar-refractivity contribution in [1.82, 2.24) is 10.3 Å². The molecule has 2 aromatic rings. The van der Waals surface area contributed by atoms with E-state index in [1.165, 1.54) is 17.4 Å². The minimum atomic E-state index is -4.48. The Morgan fingerprint density at radius 3 is 2.71 bits per heavy atom. The number of benzene rings is 1. The number of aryl methyl sites for hydroxylation is 1. The van der Waals surface area contributed by atoms with Crippen LogP contribution in [0.15, 0.2) is 28.9 Å². The maximum absolute atomic E-state index is 12.7. The van der Waals surface area contributed by atoms with Gasteiger partial charge in [-0.25, -0.2) is 4.98 Å². The number of carbonyl (C=O) groups excluding carboxylic acids is 1. The Labute approximate surface area is 131 Å². The van der Waals surface area contributed by atoms with Crippen molar-refractivity contribution in [3.8, 4) is 0 Å². The Hall–Kier alpha value is -1.41. The normalized spacial score (nSPS) is 11.5. The van der Waals surface area contributed by atoms with E-state index in [9.17, 15) is 18.0 Å². The van der Waals surface area contributed by atoms with E-state index in [2.05, 4.69) is 26.2 Å². The molecule has 0 fully saturated rings. The number of thiazole rings is 1. The van der Waals surface area contributed by atoms with Gasteiger partial charge in [0.1, 0.15) is 0 Å². The molecule has 1 N–H and O–H groups in total. The number of hydrogen-bond donors (Lipinski definition) is 1. The Morgan fingerprint density at radius 1 is 1.43 bits per heavy atom. The van der Waals surface area contributed by atoms with Gasteiger partial charge in [-0.3, -0.25) is 4.79 Å². The van der Waals surface area contributed by atoms with Crippen molar-refractivity contribution in [1.29, 1.82) is 0 Å². The minimum absolute atomic E-state index is 0.0499. The zero-order valence-corrected chi connectivity index (χ0v) is 13.2. The molecule has 1 aromatic carbocycles. The molecule has 0 aliphatic heterocycles. The number of aromatic nitrogens is 1. The second-order valence-corrected chi connectivity index (χ2v) is 6.39. The summed E-state index contributed by atoms with van der Waals surface area (Å²) < 4.78 is 38.3. The van der Waals surface area contributed by atoms with Crippen LogP contribution in [0.25, 0.3) is 0 Å². The van der Waals surface area contributed by atoms with Gasteiger partial charge < -0.3 is 5.32 Å². The molecule has 1 heterocycles. The van der Waals surface area contributed by atoms with Crippen molar-refractivity contribution in [2.24, 2.45) is 0 Å². The van der Waals surface area contributed by atoms with Crippen molar-refractivity contribution in [2.75, 3.05) is 0 Å². The molecule has 2 rings (SSSR count). The Morgan fingerprint density at radius 2 is 2.14 bits per heavy atom. The van der Waals surface area contributed by atoms with Crippen LogP contribution in [-0.2, 0) is 12.7 Å². The first kappa shape index (κ1) is 16.0. The second kappa shape index (κ2) is 6.15. The van der Waals surface area contributed by atoms with Crippen molar-refractivity contribution in [3.63, 3.8) is 0 Å². The van der Waals surface area contributed by atoms with Crippen LogP contribution in [0.1, 0.15) is 25.8 Å². The predicted molar refractivity (Wildman–Crippen MR) is 77.2 cm³/mol. The van der Waals surface area contributed by atoms with Gasteiger partial charge in [0.25, 0.3) is 5.91 Å². The molecule has 3 nitrogen and oxygen atoms in total. The summed E-state index contributed by atoms with van der Waals surface area (Å²) in [5.41, 5.74) is -0.907. The summed E-state index contributed by atoms with van der Waals surface area (Å²) in [6.45, 7) is 2.06. The summed E-state index contributed by atoms with van der Waals surface area (Å²) in [7, 11) is 0. The molecular formula is C13H10BrF3N2OS. The zero-order valence-electron chi connectivity index (χ0n) is 10.8. The van der Waals surface area contributed by atoms with Gasteiger partial charge in [-0.15, -0.1) is 11.3 Å². The van der Waals surface area contributed by atoms with E-state index in [0.29, 0.717) is 4.47 Å². The number of hydrogen-bond acceptors (Lipinski definition) is 3. The Bertz CT molecular complexity index is 670. The van der Waals surface area contributed by atoms with Gasteiger partial charge in [0.05, 0.1) is 22.7 Å². The molecule has 8 heteroatoms. The highest BCUT2D eigenvalue weighted by Crippen LogP contribution is 2.31. The maximum Gasteiger partial charge on any atom is 0.416 e. The van der Waals surface area contributed by atoms with Gasteiger partial charge in [-0.05, 0) is 41.1 Å². The van der Waals surface area contributed by atoms with Gasteiger partial charge >= 0.3 is 6.18 Å². The van der Waals surface area contributed by atoms with E-state index in [4.69, 9.17) is 0 Å². The van der Waals surface area contributed by atoms with Crippen molar-refractivity contribution in [3.05, 3.63) is 49.9 Å². The molecule has 0 bridgehead atoms. The third kappa shape index (κ3) is 4.04. The number of rotatable bonds is 3. The van der Waals surface area contributed by atoms with E-state index >= 15 is 0 Å². The molecule has 0 atom stereocenters. The van der Waals surface area contributed by atoms with Gasteiger partial charge in [0, 0.05) is 15.5 Å². The smallest absolute Gasteiger partial charge is 0.347 e. The van der Waals surface area contributed by atoms with Crippen LogP contribution in [-0.4, -0.2) is 10.9 Å². The van der Waals surface area contributed by atoms with Gasteiger partial charge in [-0.1, -0.05) is 0 Å². The van der Waals surface area contributed by atoms with Gasteiger partial charge in [0.2, 0.25) is 0 Å². The SMILES string of the molecule is Cc1ncc(CNC(=O)c2cc(C(F)(F)F)ccc2Br)s1. The van der Waals surface area contributed by atoms with Crippen LogP contribution in [0.5, 0.6) is 0 Å². The van der Waals surface area contributed by atoms with Crippen molar-refractivity contribution < 1.29 is 18.0 Å². The lowest BCUT2D eigenvalue weighted by atomic mass is 10.1. The molecule has 0 saturated heterocycles. The van der Waals surface area contributed by atoms with Crippen LogP contribution in [0.3, 0.4) is 0 Å². The first-order valence-electron chi connectivity index (χ1n) is 5.83. The summed E-state index contributed by atoms with van der Waals surface area (Å²) >= 11 is 4.51. The highest BCUT2D eigenvalue weighted by atomic mass is 79.9. The zero-order chi connectivity index (χ0) is 15.6. The van der Waals surface area contributed by atoms with Crippen molar-refractivity contribution in [2.45, 2.75) is 19.6 Å². The van der Waals surface area contributed by atoms with Crippen LogP contribution < -0.4 is 5.32 Å². The lowest BCUT2D eigenvalue weighted by molar-refractivity contribution is -0.137. The Balaban J connectivity index is 2.15. The molecule has 0 saturated carbocycles. The number of halogens is 4. The van der Waals surface area contributed by atoms with E-state index in [1.807, 2.05) is 6.92 Å². The van der Waals surface area contributed by atoms with Gasteiger partial charge in [-0.2, -0.15) is 13.2 Å². The average Bonchev–Trinajstić information content (AvgIpc) is 2.81. The number of amides is 1.